The minimum absolute atomic E-state index is 0.861. The smallest absolute Gasteiger partial charge is 0.132 e. The van der Waals surface area contributed by atoms with Crippen molar-refractivity contribution < 1.29 is 0 Å². The maximum absolute atomic E-state index is 4.86. The number of rotatable bonds is 30. The topological polar surface area (TPSA) is 38.7 Å². The van der Waals surface area contributed by atoms with Gasteiger partial charge in [0.15, 0.2) is 0 Å². The number of aromatic nitrogens is 3. The van der Waals surface area contributed by atoms with Gasteiger partial charge in [0.1, 0.15) is 17.5 Å². The van der Waals surface area contributed by atoms with Gasteiger partial charge in [0.05, 0.1) is 0 Å². The number of hydrogen-bond donors (Lipinski definition) is 0. The molecule has 1 radical (unpaired) electrons. The van der Waals surface area contributed by atoms with Crippen LogP contribution in [0.4, 0.5) is 0 Å². The molecule has 3 nitrogen and oxygen atoms in total. The monoisotopic (exact) mass is 543 g/mol. The first-order valence-corrected chi connectivity index (χ1v) is 17.8. The lowest BCUT2D eigenvalue weighted by atomic mass is 10.0. The molecule has 0 aliphatic heterocycles. The highest BCUT2D eigenvalue weighted by Crippen LogP contribution is 2.15. The van der Waals surface area contributed by atoms with E-state index in [0.717, 1.165) is 43.2 Å². The number of unbranched alkanes of at least 4 members (excludes halogenated alkanes) is 24. The van der Waals surface area contributed by atoms with Gasteiger partial charge in [-0.3, -0.25) is 0 Å². The van der Waals surface area contributed by atoms with Crippen molar-refractivity contribution in [2.75, 3.05) is 0 Å². The van der Waals surface area contributed by atoms with Crippen molar-refractivity contribution in [2.24, 2.45) is 0 Å². The molecule has 1 aromatic rings. The zero-order valence-electron chi connectivity index (χ0n) is 26.8. The molecule has 0 saturated carbocycles. The second-order valence-electron chi connectivity index (χ2n) is 12.2. The van der Waals surface area contributed by atoms with Crippen molar-refractivity contribution in [1.82, 2.24) is 15.0 Å². The molecular weight excluding hydrogens is 474 g/mol. The largest absolute Gasteiger partial charge is 0.218 e. The third kappa shape index (κ3) is 23.4. The van der Waals surface area contributed by atoms with E-state index in [1.807, 2.05) is 0 Å². The van der Waals surface area contributed by atoms with E-state index in [1.165, 1.54) is 167 Å². The van der Waals surface area contributed by atoms with Crippen LogP contribution in [0.2, 0.25) is 0 Å². The lowest BCUT2D eigenvalue weighted by Crippen LogP contribution is -2.08. The maximum Gasteiger partial charge on any atom is 0.132 e. The Hall–Kier alpha value is -0.990. The molecule has 39 heavy (non-hydrogen) atoms. The lowest BCUT2D eigenvalue weighted by Gasteiger charge is -2.08. The first kappa shape index (κ1) is 36.0. The molecule has 1 aromatic heterocycles. The Morgan fingerprint density at radius 1 is 0.333 bits per heavy atom. The van der Waals surface area contributed by atoms with Crippen LogP contribution in [0.25, 0.3) is 0 Å². The fourth-order valence-electron chi connectivity index (χ4n) is 5.62. The Morgan fingerprint density at radius 3 is 0.821 bits per heavy atom. The van der Waals surface area contributed by atoms with E-state index in [-0.39, 0.29) is 0 Å². The molecule has 0 bridgehead atoms. The average molecular weight is 543 g/mol. The van der Waals surface area contributed by atoms with Gasteiger partial charge >= 0.3 is 0 Å². The molecule has 0 spiro atoms. The van der Waals surface area contributed by atoms with E-state index in [9.17, 15) is 0 Å². The molecule has 0 aliphatic carbocycles. The third-order valence-electron chi connectivity index (χ3n) is 8.18. The molecule has 1 heterocycles. The van der Waals surface area contributed by atoms with E-state index in [0.29, 0.717) is 0 Å². The number of hydrogen-bond acceptors (Lipinski definition) is 3. The molecule has 0 aliphatic rings. The van der Waals surface area contributed by atoms with Crippen LogP contribution in [0, 0.1) is 6.92 Å². The van der Waals surface area contributed by atoms with Crippen molar-refractivity contribution in [3.8, 4) is 0 Å². The second kappa shape index (κ2) is 28.5. The van der Waals surface area contributed by atoms with Crippen molar-refractivity contribution >= 4 is 0 Å². The molecule has 3 heteroatoms. The SMILES string of the molecule is [CH2]CCc1nc(CCCCCCCCCCCCCCC)nc(CCCCCCCCCCCCCCC)n1. The van der Waals surface area contributed by atoms with Crippen molar-refractivity contribution in [1.29, 1.82) is 0 Å². The predicted octanol–water partition coefficient (Wildman–Crippen LogP) is 11.9. The van der Waals surface area contributed by atoms with Gasteiger partial charge in [-0.25, -0.2) is 15.0 Å². The van der Waals surface area contributed by atoms with E-state index in [2.05, 4.69) is 20.8 Å². The molecule has 1 rings (SSSR count). The fourth-order valence-corrected chi connectivity index (χ4v) is 5.62. The molecule has 0 N–H and O–H groups in total. The quantitative estimate of drug-likeness (QED) is 0.0907. The van der Waals surface area contributed by atoms with Gasteiger partial charge in [-0.15, -0.1) is 0 Å². The average Bonchev–Trinajstić information content (AvgIpc) is 2.94. The Kier molecular flexibility index (Phi) is 26.4. The van der Waals surface area contributed by atoms with Gasteiger partial charge in [-0.2, -0.15) is 0 Å². The van der Waals surface area contributed by atoms with Gasteiger partial charge in [0.25, 0.3) is 0 Å². The number of nitrogens with zero attached hydrogens (tertiary/aromatic N) is 3. The van der Waals surface area contributed by atoms with Gasteiger partial charge < -0.3 is 0 Å². The van der Waals surface area contributed by atoms with E-state index < -0.39 is 0 Å². The maximum atomic E-state index is 4.86. The van der Waals surface area contributed by atoms with Crippen LogP contribution in [0.5, 0.6) is 0 Å². The summed E-state index contributed by atoms with van der Waals surface area (Å²) in [7, 11) is 0. The summed E-state index contributed by atoms with van der Waals surface area (Å²) in [5.41, 5.74) is 0. The van der Waals surface area contributed by atoms with Gasteiger partial charge in [-0.05, 0) is 19.3 Å². The molecule has 227 valence electrons. The minimum Gasteiger partial charge on any atom is -0.218 e. The molecule has 0 atom stereocenters. The predicted molar refractivity (Wildman–Crippen MR) is 172 cm³/mol. The van der Waals surface area contributed by atoms with Crippen molar-refractivity contribution in [3.63, 3.8) is 0 Å². The van der Waals surface area contributed by atoms with Crippen LogP contribution in [0.1, 0.15) is 205 Å². The molecule has 0 aromatic carbocycles. The van der Waals surface area contributed by atoms with E-state index >= 15 is 0 Å². The van der Waals surface area contributed by atoms with Crippen molar-refractivity contribution in [3.05, 3.63) is 24.4 Å². The summed E-state index contributed by atoms with van der Waals surface area (Å²) < 4.78 is 0. The highest BCUT2D eigenvalue weighted by atomic mass is 15.0. The van der Waals surface area contributed by atoms with Crippen LogP contribution in [-0.4, -0.2) is 15.0 Å². The number of aryl methyl sites for hydroxylation is 3. The summed E-state index contributed by atoms with van der Waals surface area (Å²) in [6.45, 7) is 8.61. The fraction of sp³-hybridized carbons (Fsp3) is 0.889. The minimum atomic E-state index is 0.861. The van der Waals surface area contributed by atoms with Gasteiger partial charge in [0, 0.05) is 19.3 Å². The summed E-state index contributed by atoms with van der Waals surface area (Å²) in [6.07, 6.45) is 40.0. The summed E-state index contributed by atoms with van der Waals surface area (Å²) in [5, 5.41) is 0. The molecule has 0 saturated heterocycles. The summed E-state index contributed by atoms with van der Waals surface area (Å²) >= 11 is 0. The molecular formula is C36H68N3. The normalized spacial score (nSPS) is 11.5. The van der Waals surface area contributed by atoms with E-state index in [4.69, 9.17) is 15.0 Å². The Balaban J connectivity index is 2.09. The Bertz CT molecular complexity index is 581. The van der Waals surface area contributed by atoms with Crippen molar-refractivity contribution in [2.45, 2.75) is 206 Å². The summed E-state index contributed by atoms with van der Waals surface area (Å²) in [6, 6.07) is 0. The Morgan fingerprint density at radius 2 is 0.564 bits per heavy atom. The van der Waals surface area contributed by atoms with Gasteiger partial charge in [0.2, 0.25) is 0 Å². The lowest BCUT2D eigenvalue weighted by molar-refractivity contribution is 0.535. The van der Waals surface area contributed by atoms with Crippen LogP contribution in [0.3, 0.4) is 0 Å². The van der Waals surface area contributed by atoms with Crippen LogP contribution < -0.4 is 0 Å². The van der Waals surface area contributed by atoms with Crippen LogP contribution in [-0.2, 0) is 19.3 Å². The Labute approximate surface area is 245 Å². The standard InChI is InChI=1S/C36H68N3/c1-4-7-9-11-13-15-17-19-21-23-25-27-29-32-35-37-34(31-6-3)38-36(39-35)33-30-28-26-24-22-20-18-16-14-12-10-8-5-2/h3-33H2,1-2H3. The molecule has 0 fully saturated rings. The summed E-state index contributed by atoms with van der Waals surface area (Å²) in [5.74, 6) is 3.02. The second-order valence-corrected chi connectivity index (χ2v) is 12.2. The van der Waals surface area contributed by atoms with Crippen LogP contribution >= 0.6 is 0 Å². The molecule has 0 amide bonds. The third-order valence-corrected chi connectivity index (χ3v) is 8.18. The zero-order valence-corrected chi connectivity index (χ0v) is 26.8. The zero-order chi connectivity index (χ0) is 28.1. The van der Waals surface area contributed by atoms with Crippen LogP contribution in [0.15, 0.2) is 0 Å². The highest BCUT2D eigenvalue weighted by Gasteiger charge is 2.07. The first-order valence-electron chi connectivity index (χ1n) is 17.8. The van der Waals surface area contributed by atoms with Gasteiger partial charge in [-0.1, -0.05) is 175 Å². The molecule has 0 unspecified atom stereocenters. The first-order chi connectivity index (χ1) is 19.3. The van der Waals surface area contributed by atoms with E-state index in [1.54, 1.807) is 0 Å². The summed E-state index contributed by atoms with van der Waals surface area (Å²) in [4.78, 5) is 14.4. The highest BCUT2D eigenvalue weighted by molar-refractivity contribution is 4.99.